The normalized spacial score (nSPS) is 17.8. The van der Waals surface area contributed by atoms with E-state index in [1.54, 1.807) is 16.0 Å². The van der Waals surface area contributed by atoms with Crippen molar-refractivity contribution in [2.75, 3.05) is 13.1 Å². The highest BCUT2D eigenvalue weighted by atomic mass is 32.1. The number of para-hydroxylation sites is 1. The van der Waals surface area contributed by atoms with Gasteiger partial charge in [-0.15, -0.1) is 11.3 Å². The molecule has 4 aromatic rings. The van der Waals surface area contributed by atoms with E-state index in [2.05, 4.69) is 5.32 Å². The zero-order valence-electron chi connectivity index (χ0n) is 26.4. The third kappa shape index (κ3) is 6.08. The van der Waals surface area contributed by atoms with Crippen LogP contribution in [0.4, 0.5) is 13.2 Å². The molecule has 6 nitrogen and oxygen atoms in total. The lowest BCUT2D eigenvalue weighted by Gasteiger charge is -2.33. The van der Waals surface area contributed by atoms with Gasteiger partial charge in [0.1, 0.15) is 5.01 Å². The van der Waals surface area contributed by atoms with Gasteiger partial charge in [-0.3, -0.25) is 14.2 Å². The molecule has 0 aliphatic carbocycles. The molecule has 0 spiro atoms. The minimum atomic E-state index is -4.44. The number of likely N-dealkylation sites (tertiary alicyclic amines) is 1. The first-order chi connectivity index (χ1) is 22.0. The molecule has 2 aliphatic heterocycles. The van der Waals surface area contributed by atoms with E-state index in [1.165, 1.54) is 23.5 Å². The summed E-state index contributed by atoms with van der Waals surface area (Å²) in [4.78, 5) is 35.8. The van der Waals surface area contributed by atoms with Gasteiger partial charge >= 0.3 is 6.18 Å². The molecule has 0 saturated carbocycles. The van der Waals surface area contributed by atoms with Gasteiger partial charge in [-0.1, -0.05) is 49.8 Å². The quantitative estimate of drug-likeness (QED) is 0.223. The molecule has 2 aromatic carbocycles. The largest absolute Gasteiger partial charge is 0.416 e. The molecule has 46 heavy (non-hydrogen) atoms. The van der Waals surface area contributed by atoms with Crippen LogP contribution in [-0.4, -0.2) is 45.5 Å². The zero-order chi connectivity index (χ0) is 32.7. The second kappa shape index (κ2) is 12.6. The number of hydrogen-bond acceptors (Lipinski definition) is 5. The molecule has 2 aromatic heterocycles. The van der Waals surface area contributed by atoms with E-state index >= 15 is 0 Å². The van der Waals surface area contributed by atoms with Crippen molar-refractivity contribution in [3.63, 3.8) is 0 Å². The summed E-state index contributed by atoms with van der Waals surface area (Å²) < 4.78 is 41.3. The molecule has 2 aliphatic rings. The van der Waals surface area contributed by atoms with Crippen molar-refractivity contribution < 1.29 is 18.0 Å². The van der Waals surface area contributed by atoms with Crippen LogP contribution in [0.3, 0.4) is 0 Å². The van der Waals surface area contributed by atoms with Crippen molar-refractivity contribution in [1.82, 2.24) is 19.8 Å². The molecule has 2 bridgehead atoms. The van der Waals surface area contributed by atoms with Crippen molar-refractivity contribution in [2.24, 2.45) is 0 Å². The van der Waals surface area contributed by atoms with Crippen LogP contribution in [0, 0.1) is 0 Å². The highest BCUT2D eigenvalue weighted by molar-refractivity contribution is 7.13. The molecule has 2 fully saturated rings. The number of nitrogens with zero attached hydrogens (tertiary/aromatic N) is 3. The summed E-state index contributed by atoms with van der Waals surface area (Å²) in [5.74, 6) is -0.132. The number of allylic oxidation sites excluding steroid dienone is 1. The first kappa shape index (κ1) is 31.9. The number of piperazine rings is 1. The van der Waals surface area contributed by atoms with Crippen molar-refractivity contribution in [3.05, 3.63) is 97.8 Å². The number of alkyl halides is 3. The number of aromatic nitrogens is 2. The highest BCUT2D eigenvalue weighted by Crippen LogP contribution is 2.34. The molecular weight excluding hydrogens is 609 g/mol. The second-order valence-electron chi connectivity index (χ2n) is 12.3. The number of pyridine rings is 1. The smallest absolute Gasteiger partial charge is 0.335 e. The monoisotopic (exact) mass is 646 g/mol. The Labute approximate surface area is 270 Å². The summed E-state index contributed by atoms with van der Waals surface area (Å²) in [5, 5.41) is 5.72. The van der Waals surface area contributed by atoms with Gasteiger partial charge < -0.3 is 10.2 Å². The van der Waals surface area contributed by atoms with Crippen molar-refractivity contribution in [1.29, 1.82) is 0 Å². The summed E-state index contributed by atoms with van der Waals surface area (Å²) in [6.07, 6.45) is 0.895. The van der Waals surface area contributed by atoms with Gasteiger partial charge in [0, 0.05) is 36.1 Å². The number of benzene rings is 2. The maximum atomic E-state index is 14.7. The van der Waals surface area contributed by atoms with Gasteiger partial charge in [0.05, 0.1) is 33.8 Å². The molecule has 2 atom stereocenters. The number of carbonyl (C=O) groups is 1. The Balaban J connectivity index is 1.57. The number of halogens is 3. The number of thiazole rings is 1. The Hall–Kier alpha value is -4.02. The fraction of sp³-hybridized carbons (Fsp3) is 0.361. The average molecular weight is 647 g/mol. The molecular formula is C36H37F3N4O2S. The lowest BCUT2D eigenvalue weighted by atomic mass is 9.99. The molecule has 1 amide bonds. The van der Waals surface area contributed by atoms with E-state index in [0.29, 0.717) is 53.5 Å². The third-order valence-electron chi connectivity index (χ3n) is 8.83. The van der Waals surface area contributed by atoms with E-state index in [9.17, 15) is 22.8 Å². The fourth-order valence-electron chi connectivity index (χ4n) is 6.59. The Kier molecular flexibility index (Phi) is 8.78. The molecule has 0 radical (unpaired) electrons. The minimum Gasteiger partial charge on any atom is -0.335 e. The molecule has 4 heterocycles. The predicted octanol–water partition coefficient (Wildman–Crippen LogP) is 7.77. The summed E-state index contributed by atoms with van der Waals surface area (Å²) in [6, 6.07) is 13.0. The number of carbonyl (C=O) groups excluding carboxylic acids is 1. The predicted molar refractivity (Wildman–Crippen MR) is 178 cm³/mol. The molecule has 6 rings (SSSR count). The summed E-state index contributed by atoms with van der Waals surface area (Å²) in [6.45, 7) is 9.19. The number of aryl methyl sites for hydroxylation is 2. The van der Waals surface area contributed by atoms with E-state index < -0.39 is 11.7 Å². The fourth-order valence-corrected chi connectivity index (χ4v) is 7.42. The van der Waals surface area contributed by atoms with E-state index in [4.69, 9.17) is 4.98 Å². The maximum Gasteiger partial charge on any atom is 0.416 e. The van der Waals surface area contributed by atoms with Gasteiger partial charge in [-0.25, -0.2) is 4.98 Å². The van der Waals surface area contributed by atoms with E-state index in [1.807, 2.05) is 56.9 Å². The van der Waals surface area contributed by atoms with Gasteiger partial charge in [0.2, 0.25) is 0 Å². The minimum absolute atomic E-state index is 0.132. The van der Waals surface area contributed by atoms with Crippen LogP contribution < -0.4 is 10.9 Å². The Morgan fingerprint density at radius 2 is 1.65 bits per heavy atom. The Morgan fingerprint density at radius 3 is 2.22 bits per heavy atom. The molecule has 0 unspecified atom stereocenters. The standard InChI is InChI=1S/C36H37F3N4O2S/c1-5-22-8-7-9-23(6-2)32(22)43-31(16-21(3)4)28(34(44)42-18-26-14-15-27(19-42)40-26)17-29(35(43)45)33-41-30(20-46-33)24-10-12-25(13-11-24)36(37,38)39/h7-13,16-17,20,26-27,40H,5-6,14-15,18-19H2,1-4H3/t26-,27+. The Bertz CT molecular complexity index is 1840. The summed E-state index contributed by atoms with van der Waals surface area (Å²) in [7, 11) is 0. The number of amides is 1. The molecule has 1 N–H and O–H groups in total. The van der Waals surface area contributed by atoms with Gasteiger partial charge in [-0.2, -0.15) is 13.2 Å². The van der Waals surface area contributed by atoms with Gasteiger partial charge in [0.15, 0.2) is 0 Å². The third-order valence-corrected chi connectivity index (χ3v) is 9.71. The van der Waals surface area contributed by atoms with Gasteiger partial charge in [0.25, 0.3) is 11.5 Å². The average Bonchev–Trinajstić information content (AvgIpc) is 3.66. The van der Waals surface area contributed by atoms with E-state index in [0.717, 1.165) is 47.4 Å². The highest BCUT2D eigenvalue weighted by Gasteiger charge is 2.36. The van der Waals surface area contributed by atoms with Crippen LogP contribution in [-0.2, 0) is 19.0 Å². The maximum absolute atomic E-state index is 14.7. The molecule has 10 heteroatoms. The first-order valence-electron chi connectivity index (χ1n) is 15.7. The van der Waals surface area contributed by atoms with Crippen molar-refractivity contribution >= 4 is 23.3 Å². The van der Waals surface area contributed by atoms with Crippen LogP contribution in [0.2, 0.25) is 0 Å². The second-order valence-corrected chi connectivity index (χ2v) is 13.2. The summed E-state index contributed by atoms with van der Waals surface area (Å²) in [5.41, 5.74) is 4.89. The topological polar surface area (TPSA) is 67.2 Å². The van der Waals surface area contributed by atoms with Crippen LogP contribution in [0.25, 0.3) is 33.6 Å². The summed E-state index contributed by atoms with van der Waals surface area (Å²) >= 11 is 1.23. The first-order valence-corrected chi connectivity index (χ1v) is 16.6. The SMILES string of the molecule is CCc1cccc(CC)c1-n1c(C=C(C)C)c(C(=O)N2C[C@H]3CC[C@@H](C2)N3)cc(-c2nc(-c3ccc(C(F)(F)F)cc3)cs2)c1=O. The van der Waals surface area contributed by atoms with E-state index in [-0.39, 0.29) is 29.1 Å². The zero-order valence-corrected chi connectivity index (χ0v) is 27.2. The molecule has 240 valence electrons. The van der Waals surface area contributed by atoms with Crippen molar-refractivity contribution in [2.45, 2.75) is 71.6 Å². The number of fused-ring (bicyclic) bond motifs is 2. The Morgan fingerprint density at radius 1 is 1.02 bits per heavy atom. The molecule has 2 saturated heterocycles. The number of nitrogens with one attached hydrogen (secondary N) is 1. The van der Waals surface area contributed by atoms with Crippen LogP contribution in [0.15, 0.2) is 64.3 Å². The number of rotatable bonds is 7. The van der Waals surface area contributed by atoms with Crippen LogP contribution >= 0.6 is 11.3 Å². The lowest BCUT2D eigenvalue weighted by molar-refractivity contribution is -0.137. The van der Waals surface area contributed by atoms with Crippen molar-refractivity contribution in [3.8, 4) is 27.5 Å². The van der Waals surface area contributed by atoms with Gasteiger partial charge in [-0.05, 0) is 74.9 Å². The van der Waals surface area contributed by atoms with Crippen LogP contribution in [0.5, 0.6) is 0 Å². The lowest BCUT2D eigenvalue weighted by Crippen LogP contribution is -2.53. The number of hydrogen-bond donors (Lipinski definition) is 1. The van der Waals surface area contributed by atoms with Crippen LogP contribution in [0.1, 0.15) is 73.3 Å².